The summed E-state index contributed by atoms with van der Waals surface area (Å²) in [5.74, 6) is -0.423. The van der Waals surface area contributed by atoms with E-state index < -0.39 is 5.97 Å². The van der Waals surface area contributed by atoms with Crippen molar-refractivity contribution < 1.29 is 14.3 Å². The Bertz CT molecular complexity index is 455. The highest BCUT2D eigenvalue weighted by atomic mass is 16.5. The number of carbonyl (C=O) groups excluding carboxylic acids is 1. The van der Waals surface area contributed by atoms with Crippen LogP contribution in [-0.2, 0) is 9.47 Å². The first kappa shape index (κ1) is 10.5. The van der Waals surface area contributed by atoms with Crippen molar-refractivity contribution in [3.8, 4) is 0 Å². The molecule has 5 heteroatoms. The molecular formula is C11H11N2O3. The Morgan fingerprint density at radius 2 is 2.25 bits per heavy atom. The molecule has 1 aliphatic heterocycles. The maximum atomic E-state index is 11.5. The summed E-state index contributed by atoms with van der Waals surface area (Å²) in [7, 11) is 1.33. The maximum absolute atomic E-state index is 11.5. The van der Waals surface area contributed by atoms with Gasteiger partial charge in [-0.3, -0.25) is 0 Å². The molecule has 0 aromatic heterocycles. The number of hydrogen-bond acceptors (Lipinski definition) is 4. The number of esters is 1. The summed E-state index contributed by atoms with van der Waals surface area (Å²) in [6.07, 6.45) is 0. The smallest absolute Gasteiger partial charge is 0.340 e. The van der Waals surface area contributed by atoms with Crippen LogP contribution in [0.15, 0.2) is 23.2 Å². The molecule has 1 aromatic rings. The number of carbonyl (C=O) groups is 1. The molecule has 0 saturated carbocycles. The van der Waals surface area contributed by atoms with E-state index >= 15 is 0 Å². The standard InChI is InChI=1S/C11H11N2O3/c1-3-16-11-12-8-6-4-5-7(9(8)13-11)10(14)15-2/h4-6H,3H2,1-2H3. The van der Waals surface area contributed by atoms with Gasteiger partial charge in [0.2, 0.25) is 0 Å². The van der Waals surface area contributed by atoms with Gasteiger partial charge < -0.3 is 9.47 Å². The number of benzene rings is 1. The van der Waals surface area contributed by atoms with E-state index in [2.05, 4.69) is 15.0 Å². The topological polar surface area (TPSA) is 62.0 Å². The summed E-state index contributed by atoms with van der Waals surface area (Å²) in [5, 5.41) is 4.14. The van der Waals surface area contributed by atoms with Gasteiger partial charge in [0, 0.05) is 0 Å². The molecule has 1 radical (unpaired) electrons. The minimum atomic E-state index is -0.423. The van der Waals surface area contributed by atoms with Crippen LogP contribution in [0.1, 0.15) is 17.3 Å². The number of fused-ring (bicyclic) bond motifs is 1. The summed E-state index contributed by atoms with van der Waals surface area (Å²) in [5.41, 5.74) is 1.54. The Hall–Kier alpha value is -2.04. The summed E-state index contributed by atoms with van der Waals surface area (Å²) < 4.78 is 9.85. The lowest BCUT2D eigenvalue weighted by Crippen LogP contribution is -2.13. The highest BCUT2D eigenvalue weighted by Gasteiger charge is 2.23. The average Bonchev–Trinajstić information content (AvgIpc) is 2.70. The molecule has 16 heavy (non-hydrogen) atoms. The lowest BCUT2D eigenvalue weighted by molar-refractivity contribution is 0.0601. The van der Waals surface area contributed by atoms with Gasteiger partial charge in [-0.2, -0.15) is 10.3 Å². The Labute approximate surface area is 93.1 Å². The zero-order valence-corrected chi connectivity index (χ0v) is 9.06. The van der Waals surface area contributed by atoms with Crippen molar-refractivity contribution in [1.82, 2.24) is 5.32 Å². The van der Waals surface area contributed by atoms with Gasteiger partial charge in [-0.15, -0.1) is 0 Å². The molecule has 1 aromatic carbocycles. The van der Waals surface area contributed by atoms with Crippen LogP contribution in [0.4, 0.5) is 11.4 Å². The van der Waals surface area contributed by atoms with Gasteiger partial charge in [0.15, 0.2) is 0 Å². The van der Waals surface area contributed by atoms with E-state index in [0.717, 1.165) is 0 Å². The molecule has 0 saturated heterocycles. The van der Waals surface area contributed by atoms with Crippen molar-refractivity contribution in [2.45, 2.75) is 6.92 Å². The van der Waals surface area contributed by atoms with E-state index in [1.54, 1.807) is 18.2 Å². The van der Waals surface area contributed by atoms with Crippen molar-refractivity contribution in [2.75, 3.05) is 13.7 Å². The molecule has 1 heterocycles. The predicted octanol–water partition coefficient (Wildman–Crippen LogP) is 1.75. The second kappa shape index (κ2) is 4.22. The Morgan fingerprint density at radius 3 is 2.94 bits per heavy atom. The third-order valence-corrected chi connectivity index (χ3v) is 2.12. The van der Waals surface area contributed by atoms with Crippen LogP contribution in [0, 0.1) is 0 Å². The molecular weight excluding hydrogens is 208 g/mol. The van der Waals surface area contributed by atoms with E-state index in [0.29, 0.717) is 23.5 Å². The van der Waals surface area contributed by atoms with Crippen LogP contribution >= 0.6 is 0 Å². The lowest BCUT2D eigenvalue weighted by atomic mass is 10.1. The van der Waals surface area contributed by atoms with Crippen molar-refractivity contribution in [3.05, 3.63) is 23.8 Å². The van der Waals surface area contributed by atoms with E-state index in [1.807, 2.05) is 6.92 Å². The van der Waals surface area contributed by atoms with Gasteiger partial charge in [-0.25, -0.2) is 4.79 Å². The van der Waals surface area contributed by atoms with Crippen LogP contribution in [0.25, 0.3) is 0 Å². The first-order valence-corrected chi connectivity index (χ1v) is 4.90. The van der Waals surface area contributed by atoms with Gasteiger partial charge in [-0.1, -0.05) is 6.07 Å². The highest BCUT2D eigenvalue weighted by Crippen LogP contribution is 2.34. The highest BCUT2D eigenvalue weighted by molar-refractivity contribution is 6.03. The number of para-hydroxylation sites is 1. The van der Waals surface area contributed by atoms with Crippen LogP contribution < -0.4 is 5.32 Å². The number of ether oxygens (including phenoxy) is 2. The number of aliphatic imine (C=N–C) groups is 1. The van der Waals surface area contributed by atoms with Crippen LogP contribution in [0.2, 0.25) is 0 Å². The third kappa shape index (κ3) is 1.71. The van der Waals surface area contributed by atoms with Gasteiger partial charge in [0.05, 0.1) is 25.0 Å². The first-order chi connectivity index (χ1) is 7.76. The van der Waals surface area contributed by atoms with E-state index in [-0.39, 0.29) is 6.02 Å². The summed E-state index contributed by atoms with van der Waals surface area (Å²) in [6, 6.07) is 5.45. The molecule has 0 spiro atoms. The van der Waals surface area contributed by atoms with Crippen LogP contribution in [0.5, 0.6) is 0 Å². The number of nitrogens with zero attached hydrogens (tertiary/aromatic N) is 2. The van der Waals surface area contributed by atoms with Gasteiger partial charge in [0.25, 0.3) is 0 Å². The van der Waals surface area contributed by atoms with Gasteiger partial charge in [-0.05, 0) is 19.1 Å². The molecule has 0 amide bonds. The van der Waals surface area contributed by atoms with Crippen molar-refractivity contribution >= 4 is 23.4 Å². The molecule has 0 N–H and O–H groups in total. The largest absolute Gasteiger partial charge is 0.465 e. The van der Waals surface area contributed by atoms with E-state index in [4.69, 9.17) is 4.74 Å². The monoisotopic (exact) mass is 219 g/mol. The fraction of sp³-hybridized carbons (Fsp3) is 0.273. The minimum absolute atomic E-state index is 0.286. The molecule has 0 bridgehead atoms. The lowest BCUT2D eigenvalue weighted by Gasteiger charge is -2.04. The molecule has 0 atom stereocenters. The second-order valence-electron chi connectivity index (χ2n) is 3.10. The predicted molar refractivity (Wildman–Crippen MR) is 58.3 cm³/mol. The van der Waals surface area contributed by atoms with Crippen molar-refractivity contribution in [3.63, 3.8) is 0 Å². The molecule has 2 rings (SSSR count). The first-order valence-electron chi connectivity index (χ1n) is 4.90. The number of rotatable bonds is 2. The van der Waals surface area contributed by atoms with Crippen molar-refractivity contribution in [2.24, 2.45) is 4.99 Å². The quantitative estimate of drug-likeness (QED) is 0.712. The third-order valence-electron chi connectivity index (χ3n) is 2.12. The SMILES string of the molecule is CCOC1=Nc2cccc(C(=O)OC)c2[N]1. The fourth-order valence-electron chi connectivity index (χ4n) is 1.43. The Morgan fingerprint density at radius 1 is 1.44 bits per heavy atom. The number of methoxy groups -OCH3 is 1. The molecule has 0 aliphatic carbocycles. The van der Waals surface area contributed by atoms with Gasteiger partial charge >= 0.3 is 12.0 Å². The Kier molecular flexibility index (Phi) is 2.76. The summed E-state index contributed by atoms with van der Waals surface area (Å²) >= 11 is 0. The van der Waals surface area contributed by atoms with E-state index in [1.165, 1.54) is 7.11 Å². The molecule has 0 unspecified atom stereocenters. The van der Waals surface area contributed by atoms with E-state index in [9.17, 15) is 4.79 Å². The Balaban J connectivity index is 2.33. The normalized spacial score (nSPS) is 12.5. The zero-order valence-electron chi connectivity index (χ0n) is 9.06. The summed E-state index contributed by atoms with van der Waals surface area (Å²) in [4.78, 5) is 15.6. The molecule has 5 nitrogen and oxygen atoms in total. The van der Waals surface area contributed by atoms with Gasteiger partial charge in [0.1, 0.15) is 5.69 Å². The second-order valence-corrected chi connectivity index (χ2v) is 3.10. The molecule has 1 aliphatic rings. The summed E-state index contributed by atoms with van der Waals surface area (Å²) in [6.45, 7) is 2.34. The zero-order chi connectivity index (χ0) is 11.5. The van der Waals surface area contributed by atoms with Crippen molar-refractivity contribution in [1.29, 1.82) is 0 Å². The molecule has 83 valence electrons. The number of hydrogen-bond donors (Lipinski definition) is 0. The van der Waals surface area contributed by atoms with Crippen LogP contribution in [-0.4, -0.2) is 25.7 Å². The minimum Gasteiger partial charge on any atom is -0.465 e. The van der Waals surface area contributed by atoms with Crippen LogP contribution in [0.3, 0.4) is 0 Å². The maximum Gasteiger partial charge on any atom is 0.340 e. The number of amidine groups is 1. The fourth-order valence-corrected chi connectivity index (χ4v) is 1.43. The average molecular weight is 219 g/mol. The molecule has 0 fully saturated rings.